The van der Waals surface area contributed by atoms with Gasteiger partial charge in [-0.3, -0.25) is 0 Å². The second kappa shape index (κ2) is 8.81. The predicted molar refractivity (Wildman–Crippen MR) is 107 cm³/mol. The molecule has 0 aliphatic carbocycles. The standard InChI is InChI=1S/C20H25N3OS/c24-20(21-18(16-25)15-17-7-3-1-4-8-17)23-13-11-22(12-14-23)19-9-5-2-6-10-19/h1-10,18,25H,11-16H2,(H,21,24). The molecule has 0 spiro atoms. The van der Waals surface area contributed by atoms with Crippen molar-refractivity contribution in [2.45, 2.75) is 12.5 Å². The first-order chi connectivity index (χ1) is 12.3. The molecule has 1 unspecified atom stereocenters. The van der Waals surface area contributed by atoms with E-state index in [1.807, 2.05) is 29.2 Å². The fourth-order valence-electron chi connectivity index (χ4n) is 3.13. The minimum absolute atomic E-state index is 0.0164. The third kappa shape index (κ3) is 4.92. The molecule has 2 aromatic carbocycles. The van der Waals surface area contributed by atoms with Crippen LogP contribution in [0.1, 0.15) is 5.56 Å². The Morgan fingerprint density at radius 1 is 0.960 bits per heavy atom. The van der Waals surface area contributed by atoms with E-state index in [1.165, 1.54) is 11.3 Å². The lowest BCUT2D eigenvalue weighted by molar-refractivity contribution is 0.191. The first-order valence-corrected chi connectivity index (χ1v) is 9.40. The van der Waals surface area contributed by atoms with Crippen LogP contribution in [0.4, 0.5) is 10.5 Å². The molecule has 1 aliphatic heterocycles. The summed E-state index contributed by atoms with van der Waals surface area (Å²) in [5.41, 5.74) is 2.44. The van der Waals surface area contributed by atoms with E-state index >= 15 is 0 Å². The number of thiol groups is 1. The van der Waals surface area contributed by atoms with Crippen LogP contribution in [0.2, 0.25) is 0 Å². The van der Waals surface area contributed by atoms with Gasteiger partial charge in [-0.25, -0.2) is 4.79 Å². The van der Waals surface area contributed by atoms with Gasteiger partial charge in [-0.1, -0.05) is 48.5 Å². The van der Waals surface area contributed by atoms with Gasteiger partial charge in [0.2, 0.25) is 0 Å². The van der Waals surface area contributed by atoms with E-state index in [0.29, 0.717) is 5.75 Å². The fourth-order valence-corrected chi connectivity index (χ4v) is 3.35. The number of carbonyl (C=O) groups is 1. The van der Waals surface area contributed by atoms with E-state index < -0.39 is 0 Å². The molecule has 1 fully saturated rings. The maximum atomic E-state index is 12.6. The molecule has 0 aromatic heterocycles. The molecule has 0 radical (unpaired) electrons. The summed E-state index contributed by atoms with van der Waals surface area (Å²) in [6.45, 7) is 3.21. The summed E-state index contributed by atoms with van der Waals surface area (Å²) in [5.74, 6) is 0.630. The smallest absolute Gasteiger partial charge is 0.317 e. The zero-order chi connectivity index (χ0) is 17.5. The highest BCUT2D eigenvalue weighted by Gasteiger charge is 2.22. The van der Waals surface area contributed by atoms with Crippen molar-refractivity contribution in [2.75, 3.05) is 36.8 Å². The van der Waals surface area contributed by atoms with Gasteiger partial charge in [-0.2, -0.15) is 12.6 Å². The summed E-state index contributed by atoms with van der Waals surface area (Å²) in [6, 6.07) is 20.6. The van der Waals surface area contributed by atoms with Crippen LogP contribution in [-0.4, -0.2) is 48.9 Å². The molecule has 5 heteroatoms. The van der Waals surface area contributed by atoms with Gasteiger partial charge in [0.05, 0.1) is 0 Å². The van der Waals surface area contributed by atoms with Crippen LogP contribution in [0, 0.1) is 0 Å². The Kier molecular flexibility index (Phi) is 6.23. The van der Waals surface area contributed by atoms with Gasteiger partial charge in [0.1, 0.15) is 0 Å². The number of hydrogen-bond donors (Lipinski definition) is 2. The molecule has 2 amide bonds. The van der Waals surface area contributed by atoms with Gasteiger partial charge in [-0.15, -0.1) is 0 Å². The molecule has 25 heavy (non-hydrogen) atoms. The number of carbonyl (C=O) groups excluding carboxylic acids is 1. The Labute approximate surface area is 155 Å². The zero-order valence-electron chi connectivity index (χ0n) is 14.3. The van der Waals surface area contributed by atoms with Crippen molar-refractivity contribution >= 4 is 24.3 Å². The summed E-state index contributed by atoms with van der Waals surface area (Å²) < 4.78 is 0. The molecule has 4 nitrogen and oxygen atoms in total. The second-order valence-electron chi connectivity index (χ2n) is 6.33. The lowest BCUT2D eigenvalue weighted by atomic mass is 10.1. The van der Waals surface area contributed by atoms with Crippen molar-refractivity contribution in [1.29, 1.82) is 0 Å². The van der Waals surface area contributed by atoms with E-state index in [0.717, 1.165) is 32.6 Å². The Morgan fingerprint density at radius 3 is 2.16 bits per heavy atom. The zero-order valence-corrected chi connectivity index (χ0v) is 15.2. The third-order valence-corrected chi connectivity index (χ3v) is 5.00. The van der Waals surface area contributed by atoms with Crippen molar-refractivity contribution in [3.63, 3.8) is 0 Å². The first-order valence-electron chi connectivity index (χ1n) is 8.76. The monoisotopic (exact) mass is 355 g/mol. The van der Waals surface area contributed by atoms with Crippen LogP contribution in [0.15, 0.2) is 60.7 Å². The van der Waals surface area contributed by atoms with Gasteiger partial charge in [0, 0.05) is 43.7 Å². The van der Waals surface area contributed by atoms with Gasteiger partial charge < -0.3 is 15.1 Å². The molecule has 2 aromatic rings. The van der Waals surface area contributed by atoms with Crippen LogP contribution in [0.5, 0.6) is 0 Å². The van der Waals surface area contributed by atoms with E-state index in [1.54, 1.807) is 0 Å². The predicted octanol–water partition coefficient (Wildman–Crippen LogP) is 3.06. The summed E-state index contributed by atoms with van der Waals surface area (Å²) in [7, 11) is 0. The molecule has 1 aliphatic rings. The van der Waals surface area contributed by atoms with Crippen molar-refractivity contribution in [1.82, 2.24) is 10.2 Å². The van der Waals surface area contributed by atoms with E-state index in [2.05, 4.69) is 59.2 Å². The molecular formula is C20H25N3OS. The highest BCUT2D eigenvalue weighted by Crippen LogP contribution is 2.15. The number of piperazine rings is 1. The number of rotatable bonds is 5. The van der Waals surface area contributed by atoms with Crippen LogP contribution in [-0.2, 0) is 6.42 Å². The van der Waals surface area contributed by atoms with Gasteiger partial charge >= 0.3 is 6.03 Å². The summed E-state index contributed by atoms with van der Waals surface area (Å²) in [4.78, 5) is 16.8. The minimum atomic E-state index is 0.0164. The van der Waals surface area contributed by atoms with Gasteiger partial charge in [0.25, 0.3) is 0 Å². The lowest BCUT2D eigenvalue weighted by Gasteiger charge is -2.36. The normalized spacial score (nSPS) is 15.7. The van der Waals surface area contributed by atoms with Crippen LogP contribution < -0.4 is 10.2 Å². The number of nitrogens with one attached hydrogen (secondary N) is 1. The molecule has 132 valence electrons. The van der Waals surface area contributed by atoms with E-state index in [-0.39, 0.29) is 12.1 Å². The van der Waals surface area contributed by atoms with Crippen LogP contribution in [0.3, 0.4) is 0 Å². The molecule has 1 atom stereocenters. The Balaban J connectivity index is 1.50. The molecule has 0 bridgehead atoms. The number of urea groups is 1. The highest BCUT2D eigenvalue weighted by atomic mass is 32.1. The number of para-hydroxylation sites is 1. The summed E-state index contributed by atoms with van der Waals surface area (Å²) in [6.07, 6.45) is 0.806. The number of nitrogens with zero attached hydrogens (tertiary/aromatic N) is 2. The topological polar surface area (TPSA) is 35.6 Å². The maximum Gasteiger partial charge on any atom is 0.317 e. The second-order valence-corrected chi connectivity index (χ2v) is 6.69. The average Bonchev–Trinajstić information content (AvgIpc) is 2.69. The van der Waals surface area contributed by atoms with E-state index in [4.69, 9.17) is 0 Å². The number of anilines is 1. The van der Waals surface area contributed by atoms with Crippen LogP contribution in [0.25, 0.3) is 0 Å². The summed E-state index contributed by atoms with van der Waals surface area (Å²) >= 11 is 4.40. The summed E-state index contributed by atoms with van der Waals surface area (Å²) in [5, 5.41) is 3.13. The average molecular weight is 356 g/mol. The molecule has 1 N–H and O–H groups in total. The van der Waals surface area contributed by atoms with E-state index in [9.17, 15) is 4.79 Å². The number of hydrogen-bond acceptors (Lipinski definition) is 3. The quantitative estimate of drug-likeness (QED) is 0.809. The van der Waals surface area contributed by atoms with Crippen molar-refractivity contribution in [2.24, 2.45) is 0 Å². The first kappa shape index (κ1) is 17.7. The van der Waals surface area contributed by atoms with Crippen molar-refractivity contribution in [3.8, 4) is 0 Å². The molecule has 3 rings (SSSR count). The lowest BCUT2D eigenvalue weighted by Crippen LogP contribution is -2.54. The number of amides is 2. The molecule has 0 saturated carbocycles. The molecule has 1 saturated heterocycles. The Morgan fingerprint density at radius 2 is 1.56 bits per heavy atom. The largest absolute Gasteiger partial charge is 0.368 e. The minimum Gasteiger partial charge on any atom is -0.368 e. The Bertz CT molecular complexity index is 657. The fraction of sp³-hybridized carbons (Fsp3) is 0.350. The third-order valence-electron chi connectivity index (χ3n) is 4.56. The Hall–Kier alpha value is -2.14. The number of benzene rings is 2. The van der Waals surface area contributed by atoms with Crippen molar-refractivity contribution < 1.29 is 4.79 Å². The molecule has 1 heterocycles. The molecular weight excluding hydrogens is 330 g/mol. The highest BCUT2D eigenvalue weighted by molar-refractivity contribution is 7.80. The van der Waals surface area contributed by atoms with Crippen LogP contribution >= 0.6 is 12.6 Å². The SMILES string of the molecule is O=C(NC(CS)Cc1ccccc1)N1CCN(c2ccccc2)CC1. The maximum absolute atomic E-state index is 12.6. The van der Waals surface area contributed by atoms with Gasteiger partial charge in [0.15, 0.2) is 0 Å². The van der Waals surface area contributed by atoms with Crippen molar-refractivity contribution in [3.05, 3.63) is 66.2 Å². The van der Waals surface area contributed by atoms with Gasteiger partial charge in [-0.05, 0) is 24.1 Å².